The van der Waals surface area contributed by atoms with Gasteiger partial charge in [-0.1, -0.05) is 53.2 Å². The number of halogens is 1. The third kappa shape index (κ3) is 5.69. The summed E-state index contributed by atoms with van der Waals surface area (Å²) in [6, 6.07) is 8.23. The highest BCUT2D eigenvalue weighted by molar-refractivity contribution is 7.98. The minimum Gasteiger partial charge on any atom is -0.350 e. The van der Waals surface area contributed by atoms with Gasteiger partial charge in [-0.3, -0.25) is 9.59 Å². The second-order valence-electron chi connectivity index (χ2n) is 6.72. The van der Waals surface area contributed by atoms with Gasteiger partial charge in [0.05, 0.1) is 11.2 Å². The Kier molecular flexibility index (Phi) is 7.28. The molecule has 1 saturated heterocycles. The van der Waals surface area contributed by atoms with Crippen LogP contribution in [0.2, 0.25) is 5.02 Å². The van der Waals surface area contributed by atoms with E-state index in [1.165, 1.54) is 23.5 Å². The average Bonchev–Trinajstić information content (AvgIpc) is 3.23. The molecule has 3 rings (SSSR count). The smallest absolute Gasteiger partial charge is 0.271 e. The predicted molar refractivity (Wildman–Crippen MR) is 111 cm³/mol. The lowest BCUT2D eigenvalue weighted by Crippen LogP contribution is -2.33. The van der Waals surface area contributed by atoms with Crippen molar-refractivity contribution in [2.24, 2.45) is 0 Å². The number of likely N-dealkylation sites (tertiary alicyclic amines) is 1. The molecule has 1 fully saturated rings. The second-order valence-corrected chi connectivity index (χ2v) is 8.07. The fourth-order valence-corrected chi connectivity index (χ4v) is 3.85. The lowest BCUT2D eigenvalue weighted by molar-refractivity contribution is -0.129. The maximum Gasteiger partial charge on any atom is 0.271 e. The third-order valence-electron chi connectivity index (χ3n) is 4.51. The molecule has 8 heteroatoms. The molecular weight excluding hydrogens is 396 g/mol. The predicted octanol–water partition coefficient (Wildman–Crippen LogP) is 3.47. The van der Waals surface area contributed by atoms with E-state index in [0.717, 1.165) is 31.5 Å². The molecule has 0 unspecified atom stereocenters. The number of hydrogen-bond acceptors (Lipinski definition) is 5. The number of hydrogen-bond donors (Lipinski definition) is 1. The second kappa shape index (κ2) is 9.89. The van der Waals surface area contributed by atoms with E-state index < -0.39 is 0 Å². The minimum atomic E-state index is -0.390. The molecule has 1 aliphatic rings. The number of rotatable bonds is 7. The van der Waals surface area contributed by atoms with Gasteiger partial charge in [0.2, 0.25) is 5.91 Å². The van der Waals surface area contributed by atoms with E-state index in [4.69, 9.17) is 11.6 Å². The van der Waals surface area contributed by atoms with E-state index in [1.54, 1.807) is 0 Å². The van der Waals surface area contributed by atoms with Gasteiger partial charge in [-0.05, 0) is 25.3 Å². The molecule has 6 nitrogen and oxygen atoms in total. The maximum absolute atomic E-state index is 12.4. The van der Waals surface area contributed by atoms with Gasteiger partial charge >= 0.3 is 0 Å². The van der Waals surface area contributed by atoms with E-state index >= 15 is 0 Å². The van der Waals surface area contributed by atoms with Crippen molar-refractivity contribution in [1.82, 2.24) is 20.2 Å². The molecule has 2 heterocycles. The summed E-state index contributed by atoms with van der Waals surface area (Å²) in [6.07, 6.45) is 3.83. The van der Waals surface area contributed by atoms with Gasteiger partial charge in [0.25, 0.3) is 5.91 Å². The van der Waals surface area contributed by atoms with Crippen molar-refractivity contribution in [3.8, 4) is 0 Å². The Morgan fingerprint density at radius 3 is 2.64 bits per heavy atom. The van der Waals surface area contributed by atoms with E-state index in [9.17, 15) is 9.59 Å². The number of aromatic nitrogens is 2. The van der Waals surface area contributed by atoms with Gasteiger partial charge in [0.1, 0.15) is 0 Å². The molecular formula is C20H23ClN4O2S. The van der Waals surface area contributed by atoms with Crippen LogP contribution < -0.4 is 5.32 Å². The zero-order chi connectivity index (χ0) is 19.9. The van der Waals surface area contributed by atoms with E-state index in [-0.39, 0.29) is 35.5 Å². The van der Waals surface area contributed by atoms with Crippen LogP contribution >= 0.6 is 23.4 Å². The Morgan fingerprint density at radius 1 is 1.21 bits per heavy atom. The van der Waals surface area contributed by atoms with Crippen molar-refractivity contribution in [1.29, 1.82) is 0 Å². The van der Waals surface area contributed by atoms with Gasteiger partial charge in [-0.25, -0.2) is 9.97 Å². The first kappa shape index (κ1) is 20.6. The Morgan fingerprint density at radius 2 is 1.93 bits per heavy atom. The highest BCUT2D eigenvalue weighted by Crippen LogP contribution is 2.22. The topological polar surface area (TPSA) is 75.2 Å². The zero-order valence-corrected chi connectivity index (χ0v) is 17.4. The molecule has 0 bridgehead atoms. The van der Waals surface area contributed by atoms with Crippen LogP contribution in [0, 0.1) is 6.92 Å². The van der Waals surface area contributed by atoms with Crippen LogP contribution in [0.5, 0.6) is 0 Å². The van der Waals surface area contributed by atoms with Crippen LogP contribution in [0.1, 0.15) is 40.9 Å². The molecule has 1 N–H and O–H groups in total. The van der Waals surface area contributed by atoms with Crippen molar-refractivity contribution in [3.05, 3.63) is 52.3 Å². The molecule has 0 aliphatic carbocycles. The van der Waals surface area contributed by atoms with E-state index in [2.05, 4.69) is 39.6 Å². The largest absolute Gasteiger partial charge is 0.350 e. The number of benzene rings is 1. The van der Waals surface area contributed by atoms with E-state index in [1.807, 2.05) is 11.8 Å². The van der Waals surface area contributed by atoms with Gasteiger partial charge in [-0.2, -0.15) is 0 Å². The van der Waals surface area contributed by atoms with Crippen LogP contribution in [0.4, 0.5) is 0 Å². The average molecular weight is 419 g/mol. The maximum atomic E-state index is 12.4. The first-order valence-electron chi connectivity index (χ1n) is 9.30. The molecule has 148 valence electrons. The first-order valence-corrected chi connectivity index (χ1v) is 10.7. The third-order valence-corrected chi connectivity index (χ3v) is 5.72. The number of nitrogens with zero attached hydrogens (tertiary/aromatic N) is 3. The highest BCUT2D eigenvalue weighted by Gasteiger charge is 2.19. The summed E-state index contributed by atoms with van der Waals surface area (Å²) in [6.45, 7) is 3.93. The SMILES string of the molecule is Cc1ccc(CSc2ncc(Cl)c(C(=O)NCCC(=O)N3CCCC3)n2)cc1. The molecule has 0 radical (unpaired) electrons. The lowest BCUT2D eigenvalue weighted by atomic mass is 10.2. The zero-order valence-electron chi connectivity index (χ0n) is 15.8. The summed E-state index contributed by atoms with van der Waals surface area (Å²) in [5.74, 6) is 0.382. The first-order chi connectivity index (χ1) is 13.5. The number of aryl methyl sites for hydroxylation is 1. The van der Waals surface area contributed by atoms with Crippen LogP contribution in [0.15, 0.2) is 35.6 Å². The summed E-state index contributed by atoms with van der Waals surface area (Å²) >= 11 is 7.54. The highest BCUT2D eigenvalue weighted by atomic mass is 35.5. The van der Waals surface area contributed by atoms with Crippen molar-refractivity contribution in [2.75, 3.05) is 19.6 Å². The Labute approximate surface area is 174 Å². The summed E-state index contributed by atoms with van der Waals surface area (Å²) in [5, 5.41) is 3.42. The molecule has 1 aromatic carbocycles. The number of thioether (sulfide) groups is 1. The molecule has 1 aliphatic heterocycles. The van der Waals surface area contributed by atoms with Crippen molar-refractivity contribution in [3.63, 3.8) is 0 Å². The molecule has 0 spiro atoms. The van der Waals surface area contributed by atoms with Crippen LogP contribution in [0.25, 0.3) is 0 Å². The monoisotopic (exact) mass is 418 g/mol. The van der Waals surface area contributed by atoms with Crippen molar-refractivity contribution >= 4 is 35.2 Å². The van der Waals surface area contributed by atoms with Crippen LogP contribution in [-0.4, -0.2) is 46.3 Å². The Hall–Kier alpha value is -2.12. The standard InChI is InChI=1S/C20H23ClN4O2S/c1-14-4-6-15(7-5-14)13-28-20-23-12-16(21)18(24-20)19(27)22-9-8-17(26)25-10-2-3-11-25/h4-7,12H,2-3,8-11,13H2,1H3,(H,22,27). The minimum absolute atomic E-state index is 0.0703. The lowest BCUT2D eigenvalue weighted by Gasteiger charge is -2.15. The fraction of sp³-hybridized carbons (Fsp3) is 0.400. The van der Waals surface area contributed by atoms with Gasteiger partial charge in [0, 0.05) is 31.8 Å². The summed E-state index contributed by atoms with van der Waals surface area (Å²) in [4.78, 5) is 34.8. The van der Waals surface area contributed by atoms with Crippen LogP contribution in [0.3, 0.4) is 0 Å². The number of carbonyl (C=O) groups is 2. The molecule has 2 amide bonds. The summed E-state index contributed by atoms with van der Waals surface area (Å²) < 4.78 is 0. The van der Waals surface area contributed by atoms with Crippen LogP contribution in [-0.2, 0) is 10.5 Å². The molecule has 28 heavy (non-hydrogen) atoms. The molecule has 1 aromatic heterocycles. The van der Waals surface area contributed by atoms with Crippen molar-refractivity contribution in [2.45, 2.75) is 37.1 Å². The molecule has 0 atom stereocenters. The van der Waals surface area contributed by atoms with E-state index in [0.29, 0.717) is 10.9 Å². The van der Waals surface area contributed by atoms with Gasteiger partial charge in [0.15, 0.2) is 10.9 Å². The van der Waals surface area contributed by atoms with Gasteiger partial charge < -0.3 is 10.2 Å². The Balaban J connectivity index is 1.53. The number of amides is 2. The number of nitrogens with one attached hydrogen (secondary N) is 1. The molecule has 2 aromatic rings. The normalized spacial score (nSPS) is 13.6. The molecule has 0 saturated carbocycles. The summed E-state index contributed by atoms with van der Waals surface area (Å²) in [5.41, 5.74) is 2.50. The summed E-state index contributed by atoms with van der Waals surface area (Å²) in [7, 11) is 0. The fourth-order valence-electron chi connectivity index (χ4n) is 2.90. The van der Waals surface area contributed by atoms with Gasteiger partial charge in [-0.15, -0.1) is 0 Å². The quantitative estimate of drug-likeness (QED) is 0.550. The van der Waals surface area contributed by atoms with Crippen molar-refractivity contribution < 1.29 is 9.59 Å². The number of carbonyl (C=O) groups excluding carboxylic acids is 2. The Bertz CT molecular complexity index is 839.